The second-order valence-electron chi connectivity index (χ2n) is 5.27. The first kappa shape index (κ1) is 14.0. The molecule has 0 radical (unpaired) electrons. The van der Waals surface area contributed by atoms with E-state index < -0.39 is 0 Å². The Balaban J connectivity index is 2.08. The molecule has 1 saturated heterocycles. The van der Waals surface area contributed by atoms with Crippen LogP contribution in [0.1, 0.15) is 59.3 Å². The summed E-state index contributed by atoms with van der Waals surface area (Å²) in [4.78, 5) is 2.56. The van der Waals surface area contributed by atoms with Crippen LogP contribution in [-0.4, -0.2) is 36.6 Å². The summed E-state index contributed by atoms with van der Waals surface area (Å²) in [6.45, 7) is 10.7. The third-order valence-corrected chi connectivity index (χ3v) is 3.80. The van der Waals surface area contributed by atoms with Crippen LogP contribution >= 0.6 is 0 Å². The molecule has 0 spiro atoms. The van der Waals surface area contributed by atoms with Gasteiger partial charge in [-0.15, -0.1) is 0 Å². The number of rotatable bonds is 7. The summed E-state index contributed by atoms with van der Waals surface area (Å²) < 4.78 is 0. The van der Waals surface area contributed by atoms with E-state index >= 15 is 0 Å². The fraction of sp³-hybridized carbons (Fsp3) is 1.00. The molecule has 0 aromatic carbocycles. The Bertz CT molecular complexity index is 162. The van der Waals surface area contributed by atoms with Crippen LogP contribution in [0.25, 0.3) is 0 Å². The number of hydrogen-bond donors (Lipinski definition) is 1. The monoisotopic (exact) mass is 226 g/mol. The highest BCUT2D eigenvalue weighted by molar-refractivity contribution is 4.78. The Kier molecular flexibility index (Phi) is 7.06. The Hall–Kier alpha value is -0.0800. The third kappa shape index (κ3) is 5.31. The van der Waals surface area contributed by atoms with Gasteiger partial charge in [-0.05, 0) is 45.8 Å². The predicted octanol–water partition coefficient (Wildman–Crippen LogP) is 3.03. The molecule has 1 atom stereocenters. The molecule has 2 nitrogen and oxygen atoms in total. The molecule has 2 heteroatoms. The summed E-state index contributed by atoms with van der Waals surface area (Å²) in [5.41, 5.74) is 0. The van der Waals surface area contributed by atoms with Gasteiger partial charge in [0.1, 0.15) is 0 Å². The van der Waals surface area contributed by atoms with Crippen LogP contribution < -0.4 is 5.32 Å². The van der Waals surface area contributed by atoms with Crippen molar-refractivity contribution < 1.29 is 0 Å². The summed E-state index contributed by atoms with van der Waals surface area (Å²) in [5.74, 6) is 0. The van der Waals surface area contributed by atoms with Gasteiger partial charge >= 0.3 is 0 Å². The fourth-order valence-electron chi connectivity index (χ4n) is 2.60. The molecule has 1 aliphatic heterocycles. The van der Waals surface area contributed by atoms with E-state index in [1.54, 1.807) is 0 Å². The summed E-state index contributed by atoms with van der Waals surface area (Å²) in [7, 11) is 0. The smallest absolute Gasteiger partial charge is 0.00938 e. The number of piperidine rings is 1. The van der Waals surface area contributed by atoms with Crippen LogP contribution in [0.4, 0.5) is 0 Å². The molecule has 1 heterocycles. The van der Waals surface area contributed by atoms with E-state index in [1.165, 1.54) is 58.2 Å². The lowest BCUT2D eigenvalue weighted by Gasteiger charge is -2.33. The average molecular weight is 226 g/mol. The van der Waals surface area contributed by atoms with Crippen molar-refractivity contribution in [1.29, 1.82) is 0 Å². The van der Waals surface area contributed by atoms with Crippen molar-refractivity contribution in [3.8, 4) is 0 Å². The maximum Gasteiger partial charge on any atom is 0.00938 e. The van der Waals surface area contributed by atoms with Crippen molar-refractivity contribution in [2.24, 2.45) is 0 Å². The maximum absolute atomic E-state index is 3.80. The molecule has 0 saturated carbocycles. The van der Waals surface area contributed by atoms with Gasteiger partial charge < -0.3 is 10.2 Å². The molecule has 16 heavy (non-hydrogen) atoms. The first-order valence-electron chi connectivity index (χ1n) is 7.24. The molecule has 1 N–H and O–H groups in total. The van der Waals surface area contributed by atoms with Crippen molar-refractivity contribution in [3.05, 3.63) is 0 Å². The van der Waals surface area contributed by atoms with Gasteiger partial charge in [-0.2, -0.15) is 0 Å². The van der Waals surface area contributed by atoms with Gasteiger partial charge in [0, 0.05) is 12.1 Å². The summed E-state index contributed by atoms with van der Waals surface area (Å²) >= 11 is 0. The molecule has 1 fully saturated rings. The Morgan fingerprint density at radius 3 is 2.44 bits per heavy atom. The number of nitrogens with zero attached hydrogens (tertiary/aromatic N) is 1. The van der Waals surface area contributed by atoms with Gasteiger partial charge in [0.05, 0.1) is 0 Å². The molecule has 0 aliphatic carbocycles. The molecule has 0 aromatic rings. The minimum Gasteiger partial charge on any atom is -0.311 e. The van der Waals surface area contributed by atoms with Crippen LogP contribution in [0.5, 0.6) is 0 Å². The van der Waals surface area contributed by atoms with Crippen LogP contribution in [0.15, 0.2) is 0 Å². The Labute approximate surface area is 102 Å². The highest BCUT2D eigenvalue weighted by Crippen LogP contribution is 2.12. The molecule has 1 aliphatic rings. The van der Waals surface area contributed by atoms with Gasteiger partial charge in [0.2, 0.25) is 0 Å². The molecule has 1 unspecified atom stereocenters. The fourth-order valence-corrected chi connectivity index (χ4v) is 2.60. The minimum absolute atomic E-state index is 0.713. The quantitative estimate of drug-likeness (QED) is 0.671. The Morgan fingerprint density at radius 1 is 1.19 bits per heavy atom. The number of unbranched alkanes of at least 4 members (excludes halogenated alkanes) is 2. The van der Waals surface area contributed by atoms with Crippen LogP contribution in [0.3, 0.4) is 0 Å². The first-order chi connectivity index (χ1) is 7.76. The van der Waals surface area contributed by atoms with Gasteiger partial charge in [-0.25, -0.2) is 0 Å². The average Bonchev–Trinajstić information content (AvgIpc) is 2.30. The van der Waals surface area contributed by atoms with Gasteiger partial charge in [-0.3, -0.25) is 0 Å². The number of nitrogens with one attached hydrogen (secondary N) is 1. The zero-order valence-corrected chi connectivity index (χ0v) is 11.5. The predicted molar refractivity (Wildman–Crippen MR) is 71.9 cm³/mol. The van der Waals surface area contributed by atoms with Crippen molar-refractivity contribution in [2.45, 2.75) is 71.4 Å². The zero-order valence-electron chi connectivity index (χ0n) is 11.5. The normalized spacial score (nSPS) is 21.2. The lowest BCUT2D eigenvalue weighted by Crippen LogP contribution is -2.45. The highest BCUT2D eigenvalue weighted by Gasteiger charge is 2.18. The van der Waals surface area contributed by atoms with Crippen molar-refractivity contribution in [3.63, 3.8) is 0 Å². The highest BCUT2D eigenvalue weighted by atomic mass is 15.1. The summed E-state index contributed by atoms with van der Waals surface area (Å²) in [6, 6.07) is 1.49. The standard InChI is InChI=1S/C14H30N2/c1-4-6-7-8-13(3)15-14-9-11-16(5-2)12-10-14/h13-15H,4-12H2,1-3H3. The van der Waals surface area contributed by atoms with Crippen molar-refractivity contribution in [1.82, 2.24) is 10.2 Å². The second-order valence-corrected chi connectivity index (χ2v) is 5.27. The molecule has 0 bridgehead atoms. The molecule has 0 aromatic heterocycles. The largest absolute Gasteiger partial charge is 0.311 e. The molecular formula is C14H30N2. The van der Waals surface area contributed by atoms with Gasteiger partial charge in [-0.1, -0.05) is 33.1 Å². The van der Waals surface area contributed by atoms with E-state index in [0.717, 1.165) is 6.04 Å². The van der Waals surface area contributed by atoms with Gasteiger partial charge in [0.25, 0.3) is 0 Å². The van der Waals surface area contributed by atoms with Gasteiger partial charge in [0.15, 0.2) is 0 Å². The van der Waals surface area contributed by atoms with E-state index in [2.05, 4.69) is 31.0 Å². The topological polar surface area (TPSA) is 15.3 Å². The first-order valence-corrected chi connectivity index (χ1v) is 7.24. The Morgan fingerprint density at radius 2 is 1.88 bits per heavy atom. The summed E-state index contributed by atoms with van der Waals surface area (Å²) in [5, 5.41) is 3.80. The molecule has 96 valence electrons. The van der Waals surface area contributed by atoms with Crippen LogP contribution in [-0.2, 0) is 0 Å². The summed E-state index contributed by atoms with van der Waals surface area (Å²) in [6.07, 6.45) is 8.14. The third-order valence-electron chi connectivity index (χ3n) is 3.80. The van der Waals surface area contributed by atoms with E-state index in [-0.39, 0.29) is 0 Å². The SMILES string of the molecule is CCCCCC(C)NC1CCN(CC)CC1. The lowest BCUT2D eigenvalue weighted by atomic mass is 10.0. The van der Waals surface area contributed by atoms with Crippen LogP contribution in [0, 0.1) is 0 Å². The second kappa shape index (κ2) is 8.08. The molecular weight excluding hydrogens is 196 g/mol. The van der Waals surface area contributed by atoms with E-state index in [0.29, 0.717) is 6.04 Å². The van der Waals surface area contributed by atoms with Crippen molar-refractivity contribution in [2.75, 3.05) is 19.6 Å². The number of likely N-dealkylation sites (tertiary alicyclic amines) is 1. The zero-order chi connectivity index (χ0) is 11.8. The molecule has 0 amide bonds. The minimum atomic E-state index is 0.713. The van der Waals surface area contributed by atoms with Crippen molar-refractivity contribution >= 4 is 0 Å². The molecule has 1 rings (SSSR count). The van der Waals surface area contributed by atoms with E-state index in [9.17, 15) is 0 Å². The maximum atomic E-state index is 3.80. The van der Waals surface area contributed by atoms with Crippen LogP contribution in [0.2, 0.25) is 0 Å². The number of hydrogen-bond acceptors (Lipinski definition) is 2. The van der Waals surface area contributed by atoms with E-state index in [4.69, 9.17) is 0 Å². The lowest BCUT2D eigenvalue weighted by molar-refractivity contribution is 0.198. The van der Waals surface area contributed by atoms with E-state index in [1.807, 2.05) is 0 Å².